The van der Waals surface area contributed by atoms with Crippen LogP contribution in [0.25, 0.3) is 6.08 Å². The molecule has 0 aliphatic rings. The van der Waals surface area contributed by atoms with E-state index in [1.54, 1.807) is 66.7 Å². The molecule has 36 heavy (non-hydrogen) atoms. The van der Waals surface area contributed by atoms with Crippen LogP contribution in [0, 0.1) is 0 Å². The normalized spacial score (nSPS) is 10.9. The number of hydrogen-bond acceptors (Lipinski definition) is 4. The van der Waals surface area contributed by atoms with Crippen molar-refractivity contribution in [2.45, 2.75) is 13.8 Å². The Hall–Kier alpha value is -2.15. The molecule has 3 nitrogen and oxygen atoms in total. The third-order valence-corrected chi connectivity index (χ3v) is 7.86. The van der Waals surface area contributed by atoms with E-state index in [1.807, 2.05) is 26.0 Å². The van der Waals surface area contributed by atoms with Crippen molar-refractivity contribution < 1.29 is 9.59 Å². The van der Waals surface area contributed by atoms with E-state index >= 15 is 0 Å². The van der Waals surface area contributed by atoms with Gasteiger partial charge in [-0.15, -0.1) is 23.5 Å². The molecular formula is C28H24Cl3NO2S2. The first-order chi connectivity index (χ1) is 17.3. The van der Waals surface area contributed by atoms with Gasteiger partial charge >= 0.3 is 0 Å². The average Bonchev–Trinajstić information content (AvgIpc) is 2.86. The minimum absolute atomic E-state index is 0.115. The molecule has 0 radical (unpaired) electrons. The minimum Gasteiger partial charge on any atom is -0.289 e. The summed E-state index contributed by atoms with van der Waals surface area (Å²) in [5, 5.41) is 1.70. The number of amides is 1. The largest absolute Gasteiger partial charge is 0.289 e. The maximum Gasteiger partial charge on any atom is 0.268 e. The average molecular weight is 577 g/mol. The van der Waals surface area contributed by atoms with E-state index in [9.17, 15) is 9.59 Å². The van der Waals surface area contributed by atoms with Crippen molar-refractivity contribution in [2.24, 2.45) is 0 Å². The quantitative estimate of drug-likeness (QED) is 0.137. The van der Waals surface area contributed by atoms with E-state index in [-0.39, 0.29) is 11.4 Å². The molecule has 0 spiro atoms. The molecule has 1 amide bonds. The van der Waals surface area contributed by atoms with Crippen LogP contribution in [-0.4, -0.2) is 23.2 Å². The monoisotopic (exact) mass is 575 g/mol. The van der Waals surface area contributed by atoms with E-state index in [1.165, 1.54) is 34.5 Å². The van der Waals surface area contributed by atoms with Crippen molar-refractivity contribution in [3.05, 3.63) is 109 Å². The molecule has 0 bridgehead atoms. The SMILES string of the molecule is CCSC(SCC)=C(C(=O)/C=C/c1ccc(Cl)cc1)C(=O)N(c1ccc(Cl)cc1)c1ccc(Cl)cc1. The Morgan fingerprint density at radius 2 is 1.14 bits per heavy atom. The lowest BCUT2D eigenvalue weighted by atomic mass is 10.1. The molecule has 8 heteroatoms. The number of nitrogens with zero attached hydrogens (tertiary/aromatic N) is 1. The van der Waals surface area contributed by atoms with Gasteiger partial charge < -0.3 is 0 Å². The van der Waals surface area contributed by atoms with Crippen LogP contribution >= 0.6 is 58.3 Å². The predicted molar refractivity (Wildman–Crippen MR) is 159 cm³/mol. The van der Waals surface area contributed by atoms with Crippen molar-refractivity contribution in [1.82, 2.24) is 0 Å². The van der Waals surface area contributed by atoms with Crippen LogP contribution in [0.2, 0.25) is 15.1 Å². The smallest absolute Gasteiger partial charge is 0.268 e. The zero-order chi connectivity index (χ0) is 26.1. The topological polar surface area (TPSA) is 37.4 Å². The fourth-order valence-electron chi connectivity index (χ4n) is 3.25. The zero-order valence-corrected chi connectivity index (χ0v) is 23.6. The molecule has 0 atom stereocenters. The molecule has 0 N–H and O–H groups in total. The highest BCUT2D eigenvalue weighted by atomic mass is 35.5. The maximum absolute atomic E-state index is 14.2. The highest BCUT2D eigenvalue weighted by molar-refractivity contribution is 8.22. The molecule has 0 saturated carbocycles. The minimum atomic E-state index is -0.428. The highest BCUT2D eigenvalue weighted by Crippen LogP contribution is 2.36. The molecule has 186 valence electrons. The van der Waals surface area contributed by atoms with Crippen molar-refractivity contribution >= 4 is 87.5 Å². The summed E-state index contributed by atoms with van der Waals surface area (Å²) in [6.07, 6.45) is 3.12. The van der Waals surface area contributed by atoms with Crippen molar-refractivity contribution in [3.8, 4) is 0 Å². The molecule has 0 unspecified atom stereocenters. The molecular weight excluding hydrogens is 553 g/mol. The van der Waals surface area contributed by atoms with Gasteiger partial charge in [0.15, 0.2) is 5.78 Å². The third kappa shape index (κ3) is 7.67. The number of thioether (sulfide) groups is 2. The van der Waals surface area contributed by atoms with Gasteiger partial charge in [0.05, 0.1) is 4.24 Å². The van der Waals surface area contributed by atoms with Gasteiger partial charge in [-0.2, -0.15) is 0 Å². The first-order valence-electron chi connectivity index (χ1n) is 11.2. The number of hydrogen-bond donors (Lipinski definition) is 0. The van der Waals surface area contributed by atoms with Gasteiger partial charge in [0.2, 0.25) is 0 Å². The van der Waals surface area contributed by atoms with E-state index in [0.717, 1.165) is 17.1 Å². The summed E-state index contributed by atoms with van der Waals surface area (Å²) in [7, 11) is 0. The van der Waals surface area contributed by atoms with Crippen molar-refractivity contribution in [3.63, 3.8) is 0 Å². The number of ketones is 1. The molecule has 3 aromatic rings. The number of anilines is 2. The van der Waals surface area contributed by atoms with Crippen molar-refractivity contribution in [1.29, 1.82) is 0 Å². The molecule has 0 aliphatic heterocycles. The number of halogens is 3. The van der Waals surface area contributed by atoms with E-state index in [2.05, 4.69) is 0 Å². The number of carbonyl (C=O) groups excluding carboxylic acids is 2. The summed E-state index contributed by atoms with van der Waals surface area (Å²) in [6.45, 7) is 3.99. The number of benzene rings is 3. The standard InChI is InChI=1S/C28H24Cl3NO2S2/c1-3-35-28(36-4-2)26(25(33)18-7-19-5-8-20(29)9-6-19)27(34)32(23-14-10-21(30)11-15-23)24-16-12-22(31)13-17-24/h5-18H,3-4H2,1-2H3/b18-7+. The summed E-state index contributed by atoms with van der Waals surface area (Å²) in [6, 6.07) is 21.0. The Bertz CT molecular complexity index is 1200. The fourth-order valence-corrected chi connectivity index (χ4v) is 5.85. The number of carbonyl (C=O) groups is 2. The van der Waals surface area contributed by atoms with Gasteiger partial charge in [0.25, 0.3) is 5.91 Å². The summed E-state index contributed by atoms with van der Waals surface area (Å²) in [5.74, 6) is 0.631. The van der Waals surface area contributed by atoms with E-state index in [0.29, 0.717) is 30.7 Å². The van der Waals surface area contributed by atoms with Crippen LogP contribution < -0.4 is 4.90 Å². The summed E-state index contributed by atoms with van der Waals surface area (Å²) >= 11 is 21.2. The summed E-state index contributed by atoms with van der Waals surface area (Å²) in [4.78, 5) is 29.3. The Labute approximate surface area is 235 Å². The van der Waals surface area contributed by atoms with Gasteiger partial charge in [-0.3, -0.25) is 14.5 Å². The molecule has 3 aromatic carbocycles. The van der Waals surface area contributed by atoms with Crippen LogP contribution in [0.3, 0.4) is 0 Å². The summed E-state index contributed by atoms with van der Waals surface area (Å²) < 4.78 is 0.684. The molecule has 3 rings (SSSR count). The van der Waals surface area contributed by atoms with Gasteiger partial charge in [0, 0.05) is 26.4 Å². The molecule has 0 heterocycles. The Kier molecular flexibility index (Phi) is 11.0. The lowest BCUT2D eigenvalue weighted by molar-refractivity contribution is -0.118. The van der Waals surface area contributed by atoms with Crippen molar-refractivity contribution in [2.75, 3.05) is 16.4 Å². The second-order valence-corrected chi connectivity index (χ2v) is 11.5. The predicted octanol–water partition coefficient (Wildman–Crippen LogP) is 9.31. The highest BCUT2D eigenvalue weighted by Gasteiger charge is 2.29. The van der Waals surface area contributed by atoms with Crippen LogP contribution in [0.4, 0.5) is 11.4 Å². The second-order valence-electron chi connectivity index (χ2n) is 7.37. The van der Waals surface area contributed by atoms with Crippen LogP contribution in [0.5, 0.6) is 0 Å². The van der Waals surface area contributed by atoms with Gasteiger partial charge in [-0.1, -0.05) is 66.9 Å². The van der Waals surface area contributed by atoms with Gasteiger partial charge in [0.1, 0.15) is 5.57 Å². The van der Waals surface area contributed by atoms with Gasteiger partial charge in [-0.25, -0.2) is 0 Å². The zero-order valence-electron chi connectivity index (χ0n) is 19.7. The second kappa shape index (κ2) is 14.0. The summed E-state index contributed by atoms with van der Waals surface area (Å²) in [5.41, 5.74) is 2.09. The molecule has 0 saturated heterocycles. The fraction of sp³-hybridized carbons (Fsp3) is 0.143. The van der Waals surface area contributed by atoms with E-state index in [4.69, 9.17) is 34.8 Å². The Morgan fingerprint density at radius 3 is 1.56 bits per heavy atom. The Morgan fingerprint density at radius 1 is 0.722 bits per heavy atom. The number of allylic oxidation sites excluding steroid dienone is 1. The lowest BCUT2D eigenvalue weighted by Gasteiger charge is -2.25. The number of rotatable bonds is 10. The van der Waals surface area contributed by atoms with Gasteiger partial charge in [-0.05, 0) is 83.8 Å². The molecule has 0 aliphatic carbocycles. The first-order valence-corrected chi connectivity index (χ1v) is 14.3. The van der Waals surface area contributed by atoms with E-state index < -0.39 is 5.91 Å². The molecule has 0 aromatic heterocycles. The molecule has 0 fully saturated rings. The van der Waals surface area contributed by atoms with Crippen LogP contribution in [0.1, 0.15) is 19.4 Å². The maximum atomic E-state index is 14.2. The first kappa shape index (κ1) is 28.4. The van der Waals surface area contributed by atoms with Crippen LogP contribution in [0.15, 0.2) is 88.7 Å². The Balaban J connectivity index is 2.13. The third-order valence-electron chi connectivity index (χ3n) is 4.89. The lowest BCUT2D eigenvalue weighted by Crippen LogP contribution is -2.30. The van der Waals surface area contributed by atoms with Crippen LogP contribution in [-0.2, 0) is 9.59 Å².